The molecule has 4 N–H and O–H groups in total. The van der Waals surface area contributed by atoms with Gasteiger partial charge in [-0.1, -0.05) is 75.6 Å². The quantitative estimate of drug-likeness (QED) is 0.109. The summed E-state index contributed by atoms with van der Waals surface area (Å²) in [5, 5.41) is 40.3. The number of benzene rings is 2. The van der Waals surface area contributed by atoms with Crippen LogP contribution in [0.1, 0.15) is 97.1 Å². The number of ketones is 1. The van der Waals surface area contributed by atoms with Crippen molar-refractivity contribution in [2.24, 2.45) is 16.7 Å². The van der Waals surface area contributed by atoms with Crippen LogP contribution in [0.5, 0.6) is 0 Å². The van der Waals surface area contributed by atoms with Crippen molar-refractivity contribution in [3.63, 3.8) is 0 Å². The number of nitrogens with one attached hydrogen (secondary N) is 1. The molecule has 2 unspecified atom stereocenters. The van der Waals surface area contributed by atoms with Gasteiger partial charge in [0.15, 0.2) is 17.5 Å². The number of aliphatic hydroxyl groups excluding tert-OH is 2. The van der Waals surface area contributed by atoms with Gasteiger partial charge in [0.1, 0.15) is 35.6 Å². The Kier molecular flexibility index (Phi) is 12.7. The Morgan fingerprint density at radius 2 is 1.62 bits per heavy atom. The first-order valence-corrected chi connectivity index (χ1v) is 20.8. The van der Waals surface area contributed by atoms with Crippen molar-refractivity contribution in [3.8, 4) is 0 Å². The van der Waals surface area contributed by atoms with Crippen LogP contribution in [0.25, 0.3) is 0 Å². The molecule has 0 aromatic heterocycles. The number of amides is 1. The highest BCUT2D eigenvalue weighted by Crippen LogP contribution is 2.64. The van der Waals surface area contributed by atoms with Gasteiger partial charge in [0.2, 0.25) is 0 Å². The zero-order valence-electron chi connectivity index (χ0n) is 36.3. The second kappa shape index (κ2) is 16.9. The van der Waals surface area contributed by atoms with Crippen molar-refractivity contribution < 1.29 is 67.6 Å². The molecule has 0 spiro atoms. The molecule has 61 heavy (non-hydrogen) atoms. The highest BCUT2D eigenvalue weighted by atomic mass is 16.6. The predicted octanol–water partition coefficient (Wildman–Crippen LogP) is 4.07. The number of esters is 3. The van der Waals surface area contributed by atoms with Gasteiger partial charge < -0.3 is 49.0 Å². The van der Waals surface area contributed by atoms with Crippen molar-refractivity contribution in [1.82, 2.24) is 5.32 Å². The van der Waals surface area contributed by atoms with E-state index in [-0.39, 0.29) is 37.2 Å². The summed E-state index contributed by atoms with van der Waals surface area (Å²) in [5.41, 5.74) is -7.56. The lowest BCUT2D eigenvalue weighted by Gasteiger charge is -2.68. The number of carbonyl (C=O) groups excluding carboxylic acids is 5. The van der Waals surface area contributed by atoms with Crippen molar-refractivity contribution in [3.05, 3.63) is 82.9 Å². The summed E-state index contributed by atoms with van der Waals surface area (Å²) in [4.78, 5) is 69.9. The molecule has 1 amide bonds. The first kappa shape index (κ1) is 45.9. The molecule has 3 fully saturated rings. The summed E-state index contributed by atoms with van der Waals surface area (Å²) < 4.78 is 36.5. The molecule has 16 heteroatoms. The topological polar surface area (TPSA) is 213 Å². The molecule has 6 rings (SSSR count). The molecule has 2 aromatic carbocycles. The van der Waals surface area contributed by atoms with Crippen molar-refractivity contribution >= 4 is 37.3 Å². The average molecular weight is 848 g/mol. The number of aliphatic hydroxyl groups is 3. The van der Waals surface area contributed by atoms with E-state index in [1.54, 1.807) is 97.0 Å². The van der Waals surface area contributed by atoms with E-state index in [2.05, 4.69) is 5.32 Å². The molecule has 2 saturated carbocycles. The van der Waals surface area contributed by atoms with E-state index in [1.165, 1.54) is 19.1 Å². The molecular weight excluding hydrogens is 789 g/mol. The first-order chi connectivity index (χ1) is 28.5. The van der Waals surface area contributed by atoms with E-state index >= 15 is 4.79 Å². The van der Waals surface area contributed by atoms with Crippen molar-refractivity contribution in [2.45, 2.75) is 141 Å². The number of hydrogen-bond acceptors (Lipinski definition) is 14. The maximum atomic E-state index is 15.4. The lowest BCUT2D eigenvalue weighted by atomic mass is 9.44. The van der Waals surface area contributed by atoms with Gasteiger partial charge in [-0.05, 0) is 63.5 Å². The molecular formula is C45H58BNO14. The molecule has 2 aromatic rings. The second-order valence-corrected chi connectivity index (χ2v) is 18.4. The maximum Gasteiger partial charge on any atom is 0.408 e. The maximum absolute atomic E-state index is 15.4. The molecule has 0 radical (unpaired) electrons. The smallest absolute Gasteiger partial charge is 0.408 e. The Hall–Kier alpha value is -4.61. The van der Waals surface area contributed by atoms with Crippen LogP contribution in [0.4, 0.5) is 4.79 Å². The fraction of sp³-hybridized carbons (Fsp3) is 0.578. The largest absolute Gasteiger partial charge is 0.456 e. The van der Waals surface area contributed by atoms with Gasteiger partial charge >= 0.3 is 24.0 Å². The summed E-state index contributed by atoms with van der Waals surface area (Å²) in [7, 11) is 0.211. The van der Waals surface area contributed by atoms with Gasteiger partial charge in [0.25, 0.3) is 7.48 Å². The Bertz CT molecular complexity index is 2040. The van der Waals surface area contributed by atoms with Crippen LogP contribution >= 0.6 is 0 Å². The van der Waals surface area contributed by atoms with E-state index in [0.717, 1.165) is 0 Å². The SMILES string of the molecule is CCBOC1C[C@H]2OC[C@@]2(OC(C)=O)[C@H]2[C@H](OC(=O)c3ccccc3)[C@]3(O)CC(OC(=O)[C@H](O)[C@@H](NC(=O)OC(C)(C)C)c4ccccc4)C(C)=C([C@@H](O)C(=O)[C@]12C)C3(C)C. The van der Waals surface area contributed by atoms with Crippen molar-refractivity contribution in [2.75, 3.05) is 6.61 Å². The van der Waals surface area contributed by atoms with E-state index in [0.29, 0.717) is 11.9 Å². The molecule has 4 aliphatic rings. The monoisotopic (exact) mass is 847 g/mol. The number of Topliss-reactive ketones (excluding diaryl/α,β-unsaturated/α-hetero) is 1. The van der Waals surface area contributed by atoms with Crippen LogP contribution < -0.4 is 5.32 Å². The summed E-state index contributed by atoms with van der Waals surface area (Å²) >= 11 is 0. The van der Waals surface area contributed by atoms with Gasteiger partial charge in [0.05, 0.1) is 35.6 Å². The summed E-state index contributed by atoms with van der Waals surface area (Å²) in [6, 6.07) is 14.9. The predicted molar refractivity (Wildman–Crippen MR) is 220 cm³/mol. The van der Waals surface area contributed by atoms with Crippen LogP contribution in [-0.4, -0.2) is 113 Å². The molecule has 1 aliphatic heterocycles. The summed E-state index contributed by atoms with van der Waals surface area (Å²) in [6.07, 6.45) is -9.68. The standard InChI is InChI=1S/C45H58BNO14/c1-10-46-61-29-21-30-44(23-56-30,59-25(3)48)35-37(58-38(52)27-19-15-12-16-20-27)45(55)22-28(24(2)31(42(45,7)8)33(49)36(51)43(29,35)9)57-39(53)34(50)32(26-17-13-11-14-18-26)47-40(54)60-41(4,5)6/h11-20,28-30,32-35,37,46,49-50,55H,10,21-23H2,1-9H3,(H,47,54)/t28?,29?,30-,32+,33-,34-,35+,37+,43-,44+,45-/m1/s1. The molecule has 2 bridgehead atoms. The minimum absolute atomic E-state index is 0.00762. The van der Waals surface area contributed by atoms with Crippen LogP contribution in [0.3, 0.4) is 0 Å². The van der Waals surface area contributed by atoms with Crippen LogP contribution in [-0.2, 0) is 42.7 Å². The first-order valence-electron chi connectivity index (χ1n) is 20.8. The third-order valence-corrected chi connectivity index (χ3v) is 13.1. The average Bonchev–Trinajstić information content (AvgIpc) is 3.19. The number of alkyl carbamates (subject to hydrolysis) is 1. The van der Waals surface area contributed by atoms with Gasteiger partial charge in [-0.15, -0.1) is 0 Å². The molecule has 15 nitrogen and oxygen atoms in total. The number of ether oxygens (including phenoxy) is 5. The second-order valence-electron chi connectivity index (χ2n) is 18.4. The lowest BCUT2D eigenvalue weighted by molar-refractivity contribution is -0.344. The molecule has 3 aliphatic carbocycles. The van der Waals surface area contributed by atoms with E-state index in [1.807, 2.05) is 6.92 Å². The number of fused-ring (bicyclic) bond motifs is 5. The highest BCUT2D eigenvalue weighted by Gasteiger charge is 2.78. The van der Waals surface area contributed by atoms with Gasteiger partial charge in [-0.2, -0.15) is 0 Å². The lowest BCUT2D eigenvalue weighted by Crippen LogP contribution is -2.82. The van der Waals surface area contributed by atoms with Crippen LogP contribution in [0.15, 0.2) is 71.8 Å². The zero-order chi connectivity index (χ0) is 44.9. The molecule has 1 heterocycles. The van der Waals surface area contributed by atoms with Crippen LogP contribution in [0.2, 0.25) is 6.32 Å². The molecule has 330 valence electrons. The molecule has 1 saturated heterocycles. The zero-order valence-corrected chi connectivity index (χ0v) is 36.3. The number of rotatable bonds is 11. The Balaban J connectivity index is 1.51. The summed E-state index contributed by atoms with van der Waals surface area (Å²) in [6.45, 7) is 14.2. The normalized spacial score (nSPS) is 32.6. The van der Waals surface area contributed by atoms with E-state index in [9.17, 15) is 34.5 Å². The number of hydrogen-bond donors (Lipinski definition) is 4. The van der Waals surface area contributed by atoms with Crippen molar-refractivity contribution in [1.29, 1.82) is 0 Å². The minimum atomic E-state index is -2.30. The minimum Gasteiger partial charge on any atom is -0.456 e. The third kappa shape index (κ3) is 8.13. The van der Waals surface area contributed by atoms with Gasteiger partial charge in [0, 0.05) is 25.2 Å². The Morgan fingerprint density at radius 3 is 2.18 bits per heavy atom. The highest BCUT2D eigenvalue weighted by molar-refractivity contribution is 6.27. The van der Waals surface area contributed by atoms with E-state index in [4.69, 9.17) is 28.3 Å². The third-order valence-electron chi connectivity index (χ3n) is 13.1. The Labute approximate surface area is 356 Å². The van der Waals surface area contributed by atoms with Gasteiger partial charge in [-0.3, -0.25) is 9.59 Å². The fourth-order valence-electron chi connectivity index (χ4n) is 10.0. The Morgan fingerprint density at radius 1 is 1.00 bits per heavy atom. The van der Waals surface area contributed by atoms with Gasteiger partial charge in [-0.25, -0.2) is 14.4 Å². The van der Waals surface area contributed by atoms with Crippen LogP contribution in [0, 0.1) is 16.7 Å². The van der Waals surface area contributed by atoms with E-state index < -0.39 is 112 Å². The number of carbonyl (C=O) groups is 5. The molecule has 11 atom stereocenters. The fourth-order valence-corrected chi connectivity index (χ4v) is 10.0. The summed E-state index contributed by atoms with van der Waals surface area (Å²) in [5.74, 6) is -4.94.